The Labute approximate surface area is 342 Å². The number of rotatable bonds is 17. The average Bonchev–Trinajstić information content (AvgIpc) is 3.15. The Morgan fingerprint density at radius 3 is 2.04 bits per heavy atom. The summed E-state index contributed by atoms with van der Waals surface area (Å²) in [5.41, 5.74) is 0.109. The van der Waals surface area contributed by atoms with Gasteiger partial charge in [0.1, 0.15) is 18.5 Å². The van der Waals surface area contributed by atoms with E-state index in [1.807, 2.05) is 37.3 Å². The highest BCUT2D eigenvalue weighted by Crippen LogP contribution is 2.58. The van der Waals surface area contributed by atoms with Crippen molar-refractivity contribution in [1.82, 2.24) is 0 Å². The molecule has 2 bridgehead atoms. The van der Waals surface area contributed by atoms with Crippen LogP contribution in [0, 0.1) is 17.3 Å². The third kappa shape index (κ3) is 9.31. The van der Waals surface area contributed by atoms with Crippen molar-refractivity contribution in [2.45, 2.75) is 142 Å². The zero-order valence-corrected chi connectivity index (χ0v) is 37.0. The Hall–Kier alpha value is -3.67. The number of carbonyl (C=O) groups is 3. The summed E-state index contributed by atoms with van der Waals surface area (Å²) in [6.45, 7) is 30.4. The molecule has 0 saturated heterocycles. The Bertz CT molecular complexity index is 1740. The van der Waals surface area contributed by atoms with Crippen LogP contribution in [0.15, 0.2) is 96.6 Å². The largest absolute Gasteiger partial charge is 0.455 e. The molecule has 0 radical (unpaired) electrons. The fourth-order valence-corrected chi connectivity index (χ4v) is 15.4. The lowest BCUT2D eigenvalue weighted by molar-refractivity contribution is -0.196. The molecule has 57 heavy (non-hydrogen) atoms. The van der Waals surface area contributed by atoms with Gasteiger partial charge in [-0.05, 0) is 58.8 Å². The highest BCUT2D eigenvalue weighted by Gasteiger charge is 2.65. The van der Waals surface area contributed by atoms with E-state index in [4.69, 9.17) is 23.4 Å². The first kappa shape index (κ1) is 46.0. The number of benzene rings is 2. The van der Waals surface area contributed by atoms with Crippen molar-refractivity contribution in [3.8, 4) is 0 Å². The Balaban J connectivity index is 1.96. The average molecular weight is 803 g/mol. The van der Waals surface area contributed by atoms with Gasteiger partial charge in [-0.15, -0.1) is 6.58 Å². The van der Waals surface area contributed by atoms with Crippen LogP contribution < -0.4 is 0 Å². The summed E-state index contributed by atoms with van der Waals surface area (Å²) in [6.07, 6.45) is -2.03. The molecule has 2 aliphatic rings. The van der Waals surface area contributed by atoms with Crippen molar-refractivity contribution in [3.63, 3.8) is 0 Å². The van der Waals surface area contributed by atoms with Gasteiger partial charge in [0.2, 0.25) is 8.32 Å². The molecule has 0 amide bonds. The smallest absolute Gasteiger partial charge is 0.338 e. The van der Waals surface area contributed by atoms with E-state index in [2.05, 4.69) is 54.7 Å². The molecule has 0 spiro atoms. The molecule has 1 fully saturated rings. The predicted octanol–water partition coefficient (Wildman–Crippen LogP) is 9.71. The van der Waals surface area contributed by atoms with Crippen LogP contribution in [0.3, 0.4) is 0 Å². The van der Waals surface area contributed by atoms with Crippen molar-refractivity contribution >= 4 is 26.0 Å². The van der Waals surface area contributed by atoms with Crippen LogP contribution in [0.1, 0.15) is 105 Å². The van der Waals surface area contributed by atoms with Gasteiger partial charge in [-0.2, -0.15) is 0 Å². The van der Waals surface area contributed by atoms with Crippen molar-refractivity contribution < 1.29 is 42.9 Å². The van der Waals surface area contributed by atoms with Gasteiger partial charge < -0.3 is 28.5 Å². The quantitative estimate of drug-likeness (QED) is 0.0549. The molecule has 1 N–H and O–H groups in total. The maximum absolute atomic E-state index is 15.2. The van der Waals surface area contributed by atoms with Crippen LogP contribution in [0.25, 0.3) is 0 Å². The molecule has 1 saturated carbocycles. The molecule has 312 valence electrons. The number of hydrogen-bond donors (Lipinski definition) is 1. The fraction of sp³-hybridized carbons (Fsp3) is 0.553. The maximum atomic E-state index is 15.2. The second kappa shape index (κ2) is 18.9. The summed E-state index contributed by atoms with van der Waals surface area (Å²) in [6, 6.07) is 18.3. The monoisotopic (exact) mass is 802 g/mol. The molecule has 7 atom stereocenters. The molecule has 2 aromatic carbocycles. The lowest BCUT2D eigenvalue weighted by atomic mass is 9.53. The molecule has 0 heterocycles. The van der Waals surface area contributed by atoms with Crippen LogP contribution in [0.5, 0.6) is 0 Å². The topological polar surface area (TPSA) is 118 Å². The van der Waals surface area contributed by atoms with E-state index in [-0.39, 0.29) is 29.8 Å². The van der Waals surface area contributed by atoms with Gasteiger partial charge in [0.15, 0.2) is 11.9 Å². The molecular formula is C47H66O9Si. The molecule has 0 unspecified atom stereocenters. The van der Waals surface area contributed by atoms with E-state index in [1.165, 1.54) is 6.92 Å². The molecule has 10 heteroatoms. The SMILES string of the molecule is C=CC[C@@H](OCOCc1ccccc1)C(=C)[C@@H]1[C@H](C)[C@H](OC(C)=O)C(=O)C2=C(C)[C@@H](O[Si](C(C)C)(C(C)C)C(C)C)C[C@@](O)([C@H]1OC(=O)c1ccccc1)C2(C)C. The van der Waals surface area contributed by atoms with E-state index < -0.39 is 73.3 Å². The highest BCUT2D eigenvalue weighted by atomic mass is 28.4. The van der Waals surface area contributed by atoms with E-state index in [0.29, 0.717) is 35.3 Å². The summed E-state index contributed by atoms with van der Waals surface area (Å²) in [7, 11) is -2.62. The van der Waals surface area contributed by atoms with E-state index in [9.17, 15) is 14.7 Å². The molecular weight excluding hydrogens is 737 g/mol. The number of aliphatic hydroxyl groups is 1. The van der Waals surface area contributed by atoms with Crippen molar-refractivity contribution in [3.05, 3.63) is 108 Å². The number of ketones is 1. The van der Waals surface area contributed by atoms with E-state index >= 15 is 4.79 Å². The first-order valence-electron chi connectivity index (χ1n) is 20.4. The zero-order valence-electron chi connectivity index (χ0n) is 36.0. The molecule has 4 rings (SSSR count). The standard InChI is InChI=1S/C47H66O9Si/c1-14-21-38(53-28-52-27-36-22-17-15-18-23-36)32(8)40-34(10)43(54-35(11)48)42(49)41-33(9)39(56-57(29(2)3,30(4)5)31(6)7)26-47(51,46(41,12)13)44(40)55-45(50)37-24-19-16-20-25-37/h14-20,22-25,29-31,34,38-40,43-44,51H,1,8,21,26-28H2,2-7,9-13H3/t34-,38+,39-,40+,43-,44-,47+/m0/s1. The van der Waals surface area contributed by atoms with Gasteiger partial charge in [0.05, 0.1) is 24.4 Å². The minimum Gasteiger partial charge on any atom is -0.455 e. The van der Waals surface area contributed by atoms with Crippen LogP contribution in [-0.4, -0.2) is 68.0 Å². The lowest BCUT2D eigenvalue weighted by Gasteiger charge is -2.58. The number of hydrogen-bond acceptors (Lipinski definition) is 9. The molecule has 0 aromatic heterocycles. The second-order valence-electron chi connectivity index (χ2n) is 17.4. The summed E-state index contributed by atoms with van der Waals surface area (Å²) >= 11 is 0. The van der Waals surface area contributed by atoms with Crippen LogP contribution in [0.2, 0.25) is 16.6 Å². The molecule has 2 aromatic rings. The number of ether oxygens (including phenoxy) is 4. The minimum atomic E-state index is -2.62. The third-order valence-corrected chi connectivity index (χ3v) is 18.8. The number of esters is 2. The predicted molar refractivity (Wildman–Crippen MR) is 226 cm³/mol. The van der Waals surface area contributed by atoms with Crippen molar-refractivity contribution in [2.75, 3.05) is 6.79 Å². The number of Topliss-reactive ketones (excluding diaryl/α,β-unsaturated/α-hetero) is 1. The Morgan fingerprint density at radius 1 is 0.947 bits per heavy atom. The third-order valence-electron chi connectivity index (χ3n) is 12.7. The Morgan fingerprint density at radius 2 is 1.51 bits per heavy atom. The first-order chi connectivity index (χ1) is 26.8. The van der Waals surface area contributed by atoms with Crippen LogP contribution in [-0.2, 0) is 39.6 Å². The molecule has 2 aliphatic carbocycles. The van der Waals surface area contributed by atoms with E-state index in [0.717, 1.165) is 5.56 Å². The zero-order chi connectivity index (χ0) is 42.5. The first-order valence-corrected chi connectivity index (χ1v) is 22.5. The fourth-order valence-electron chi connectivity index (χ4n) is 9.82. The van der Waals surface area contributed by atoms with Crippen molar-refractivity contribution in [2.24, 2.45) is 17.3 Å². The van der Waals surface area contributed by atoms with Gasteiger partial charge in [-0.3, -0.25) is 9.59 Å². The Kier molecular flexibility index (Phi) is 15.3. The number of carbonyl (C=O) groups excluding carboxylic acids is 3. The maximum Gasteiger partial charge on any atom is 0.338 e. The van der Waals surface area contributed by atoms with Gasteiger partial charge >= 0.3 is 11.9 Å². The highest BCUT2D eigenvalue weighted by molar-refractivity contribution is 6.77. The van der Waals surface area contributed by atoms with Gasteiger partial charge in [-0.25, -0.2) is 4.79 Å². The van der Waals surface area contributed by atoms with Crippen LogP contribution in [0.4, 0.5) is 0 Å². The number of fused-ring (bicyclic) bond motifs is 2. The van der Waals surface area contributed by atoms with E-state index in [1.54, 1.807) is 57.2 Å². The molecule has 9 nitrogen and oxygen atoms in total. The minimum absolute atomic E-state index is 0.0398. The second-order valence-corrected chi connectivity index (χ2v) is 22.8. The summed E-state index contributed by atoms with van der Waals surface area (Å²) in [5.74, 6) is -3.51. The van der Waals surface area contributed by atoms with Gasteiger partial charge in [0, 0.05) is 36.2 Å². The summed E-state index contributed by atoms with van der Waals surface area (Å²) < 4.78 is 32.3. The molecule has 0 aliphatic heterocycles. The lowest BCUT2D eigenvalue weighted by Crippen LogP contribution is -2.68. The normalized spacial score (nSPS) is 25.5. The van der Waals surface area contributed by atoms with Gasteiger partial charge in [0.25, 0.3) is 0 Å². The van der Waals surface area contributed by atoms with Crippen LogP contribution >= 0.6 is 0 Å². The van der Waals surface area contributed by atoms with Gasteiger partial charge in [-0.1, -0.05) is 123 Å². The summed E-state index contributed by atoms with van der Waals surface area (Å²) in [5, 5.41) is 13.7. The van der Waals surface area contributed by atoms with Crippen molar-refractivity contribution in [1.29, 1.82) is 0 Å². The summed E-state index contributed by atoms with van der Waals surface area (Å²) in [4.78, 5) is 42.4.